The fourth-order valence-electron chi connectivity index (χ4n) is 1.27. The maximum atomic E-state index is 12.3. The third-order valence-corrected chi connectivity index (χ3v) is 3.25. The van der Waals surface area contributed by atoms with E-state index in [1.165, 1.54) is 6.92 Å². The van der Waals surface area contributed by atoms with Gasteiger partial charge in [0.25, 0.3) is 0 Å². The lowest BCUT2D eigenvalue weighted by atomic mass is 10.4. The number of carbonyl (C=O) groups is 2. The molecule has 1 heterocycles. The number of imide groups is 1. The van der Waals surface area contributed by atoms with Gasteiger partial charge in [-0.3, -0.25) is 14.7 Å². The van der Waals surface area contributed by atoms with Crippen LogP contribution in [0.5, 0.6) is 0 Å². The van der Waals surface area contributed by atoms with E-state index in [0.29, 0.717) is 6.54 Å². The first kappa shape index (κ1) is 17.3. The number of urea groups is 1. The zero-order valence-corrected chi connectivity index (χ0v) is 12.1. The molecule has 21 heavy (non-hydrogen) atoms. The molecule has 0 bridgehead atoms. The molecule has 2 N–H and O–H groups in total. The van der Waals surface area contributed by atoms with Gasteiger partial charge in [-0.05, 0) is 13.8 Å². The van der Waals surface area contributed by atoms with E-state index in [-0.39, 0.29) is 5.16 Å². The van der Waals surface area contributed by atoms with E-state index in [4.69, 9.17) is 0 Å². The second-order valence-electron chi connectivity index (χ2n) is 3.97. The number of nitrogens with zero attached hydrogens (tertiary/aromatic N) is 3. The van der Waals surface area contributed by atoms with E-state index < -0.39 is 29.9 Å². The Bertz CT molecular complexity index is 505. The van der Waals surface area contributed by atoms with Crippen molar-refractivity contribution < 1.29 is 22.8 Å². The fourth-order valence-corrected chi connectivity index (χ4v) is 2.09. The van der Waals surface area contributed by atoms with Crippen molar-refractivity contribution >= 4 is 23.7 Å². The molecule has 11 heteroatoms. The summed E-state index contributed by atoms with van der Waals surface area (Å²) in [5.41, 5.74) is 0. The van der Waals surface area contributed by atoms with Gasteiger partial charge in [0.2, 0.25) is 5.91 Å². The molecule has 118 valence electrons. The minimum absolute atomic E-state index is 0.0501. The number of halogens is 3. The van der Waals surface area contributed by atoms with Gasteiger partial charge in [0.1, 0.15) is 12.9 Å². The number of aromatic nitrogens is 3. The van der Waals surface area contributed by atoms with Gasteiger partial charge in [0, 0.05) is 6.54 Å². The quantitative estimate of drug-likeness (QED) is 0.793. The fraction of sp³-hybridized carbons (Fsp3) is 0.600. The molecule has 1 aromatic heterocycles. The Balaban J connectivity index is 2.63. The highest BCUT2D eigenvalue weighted by Crippen LogP contribution is 2.24. The Kier molecular flexibility index (Phi) is 6.00. The molecule has 1 unspecified atom stereocenters. The van der Waals surface area contributed by atoms with Crippen LogP contribution in [0.3, 0.4) is 0 Å². The molecule has 0 radical (unpaired) electrons. The highest BCUT2D eigenvalue weighted by Gasteiger charge is 2.30. The average Bonchev–Trinajstić information content (AvgIpc) is 2.74. The normalized spacial score (nSPS) is 12.8. The number of carbonyl (C=O) groups excluding carboxylic acids is 2. The number of thioether (sulfide) groups is 1. The maximum Gasteiger partial charge on any atom is 0.406 e. The molecular weight excluding hydrogens is 311 g/mol. The van der Waals surface area contributed by atoms with Crippen LogP contribution in [0.15, 0.2) is 11.5 Å². The van der Waals surface area contributed by atoms with E-state index in [0.717, 1.165) is 22.7 Å². The topological polar surface area (TPSA) is 88.9 Å². The van der Waals surface area contributed by atoms with Crippen LogP contribution in [0, 0.1) is 0 Å². The summed E-state index contributed by atoms with van der Waals surface area (Å²) in [6.07, 6.45) is -3.48. The van der Waals surface area contributed by atoms with Crippen LogP contribution in [0.2, 0.25) is 0 Å². The molecule has 1 rings (SSSR count). The summed E-state index contributed by atoms with van der Waals surface area (Å²) in [6, 6.07) is -0.660. The van der Waals surface area contributed by atoms with Crippen molar-refractivity contribution in [1.29, 1.82) is 0 Å². The van der Waals surface area contributed by atoms with Crippen LogP contribution in [-0.2, 0) is 11.3 Å². The third kappa shape index (κ3) is 6.02. The van der Waals surface area contributed by atoms with Crippen molar-refractivity contribution in [2.24, 2.45) is 0 Å². The van der Waals surface area contributed by atoms with Crippen molar-refractivity contribution in [3.8, 4) is 0 Å². The van der Waals surface area contributed by atoms with Gasteiger partial charge in [0.05, 0.1) is 5.25 Å². The summed E-state index contributed by atoms with van der Waals surface area (Å²) < 4.78 is 37.8. The molecule has 0 saturated carbocycles. The summed E-state index contributed by atoms with van der Waals surface area (Å²) >= 11 is 0.783. The number of hydrogen-bond donors (Lipinski definition) is 2. The highest BCUT2D eigenvalue weighted by molar-refractivity contribution is 8.00. The van der Waals surface area contributed by atoms with Gasteiger partial charge in [-0.15, -0.1) is 10.2 Å². The molecular formula is C10H14F3N5O2S. The Morgan fingerprint density at radius 2 is 2.14 bits per heavy atom. The lowest BCUT2D eigenvalue weighted by Gasteiger charge is -2.12. The number of alkyl halides is 3. The van der Waals surface area contributed by atoms with Gasteiger partial charge in [-0.1, -0.05) is 11.8 Å². The summed E-state index contributed by atoms with van der Waals surface area (Å²) in [4.78, 5) is 22.9. The van der Waals surface area contributed by atoms with E-state index in [9.17, 15) is 22.8 Å². The van der Waals surface area contributed by atoms with Crippen molar-refractivity contribution in [3.05, 3.63) is 6.33 Å². The van der Waals surface area contributed by atoms with Crippen LogP contribution in [0.4, 0.5) is 18.0 Å². The predicted octanol–water partition coefficient (Wildman–Crippen LogP) is 1.17. The maximum absolute atomic E-state index is 12.3. The summed E-state index contributed by atoms with van der Waals surface area (Å²) in [5.74, 6) is -0.632. The second kappa shape index (κ2) is 7.29. The SMILES string of the molecule is CCNC(=O)NC(=O)C(C)Sc1nncn1CC(F)(F)F. The Labute approximate surface area is 122 Å². The first-order valence-corrected chi connectivity index (χ1v) is 6.80. The lowest BCUT2D eigenvalue weighted by Crippen LogP contribution is -2.42. The molecule has 0 aliphatic carbocycles. The van der Waals surface area contributed by atoms with Crippen LogP contribution in [-0.4, -0.2) is 44.7 Å². The van der Waals surface area contributed by atoms with Crippen LogP contribution in [0.25, 0.3) is 0 Å². The summed E-state index contributed by atoms with van der Waals surface area (Å²) in [7, 11) is 0. The Morgan fingerprint density at radius 1 is 1.48 bits per heavy atom. The standard InChI is InChI=1S/C10H14F3N5O2S/c1-3-14-8(20)16-7(19)6(2)21-9-17-15-5-18(9)4-10(11,12)13/h5-6H,3-4H2,1-2H3,(H2,14,16,19,20). The zero-order valence-electron chi connectivity index (χ0n) is 11.3. The van der Waals surface area contributed by atoms with E-state index >= 15 is 0 Å². The van der Waals surface area contributed by atoms with Crippen molar-refractivity contribution in [3.63, 3.8) is 0 Å². The van der Waals surface area contributed by atoms with E-state index in [2.05, 4.69) is 20.8 Å². The highest BCUT2D eigenvalue weighted by atomic mass is 32.2. The monoisotopic (exact) mass is 325 g/mol. The minimum Gasteiger partial charge on any atom is -0.338 e. The van der Waals surface area contributed by atoms with Gasteiger partial charge in [0.15, 0.2) is 5.16 Å². The largest absolute Gasteiger partial charge is 0.406 e. The molecule has 7 nitrogen and oxygen atoms in total. The number of hydrogen-bond acceptors (Lipinski definition) is 5. The van der Waals surface area contributed by atoms with Crippen LogP contribution < -0.4 is 10.6 Å². The molecule has 3 amide bonds. The molecule has 0 fully saturated rings. The molecule has 0 spiro atoms. The van der Waals surface area contributed by atoms with Crippen molar-refractivity contribution in [2.45, 2.75) is 37.0 Å². The van der Waals surface area contributed by atoms with Gasteiger partial charge in [-0.2, -0.15) is 13.2 Å². The van der Waals surface area contributed by atoms with Crippen molar-refractivity contribution in [2.75, 3.05) is 6.54 Å². The molecule has 0 aromatic carbocycles. The molecule has 1 atom stereocenters. The third-order valence-electron chi connectivity index (χ3n) is 2.16. The first-order chi connectivity index (χ1) is 9.73. The molecule has 0 saturated heterocycles. The first-order valence-electron chi connectivity index (χ1n) is 5.93. The van der Waals surface area contributed by atoms with Crippen LogP contribution in [0.1, 0.15) is 13.8 Å². The second-order valence-corrected chi connectivity index (χ2v) is 5.27. The summed E-state index contributed by atoms with van der Waals surface area (Å²) in [5, 5.41) is 10.5. The van der Waals surface area contributed by atoms with Gasteiger partial charge >= 0.3 is 12.2 Å². The Hall–Kier alpha value is -1.78. The van der Waals surface area contributed by atoms with Crippen molar-refractivity contribution in [1.82, 2.24) is 25.4 Å². The number of amides is 3. The lowest BCUT2D eigenvalue weighted by molar-refractivity contribution is -0.142. The Morgan fingerprint density at radius 3 is 2.71 bits per heavy atom. The number of rotatable bonds is 5. The average molecular weight is 325 g/mol. The molecule has 1 aromatic rings. The van der Waals surface area contributed by atoms with E-state index in [1.807, 2.05) is 0 Å². The molecule has 0 aliphatic rings. The van der Waals surface area contributed by atoms with E-state index in [1.54, 1.807) is 6.92 Å². The zero-order chi connectivity index (χ0) is 16.0. The minimum atomic E-state index is -4.41. The summed E-state index contributed by atoms with van der Waals surface area (Å²) in [6.45, 7) is 2.24. The van der Waals surface area contributed by atoms with Gasteiger partial charge < -0.3 is 5.32 Å². The number of nitrogens with one attached hydrogen (secondary N) is 2. The smallest absolute Gasteiger partial charge is 0.338 e. The van der Waals surface area contributed by atoms with Crippen LogP contribution >= 0.6 is 11.8 Å². The predicted molar refractivity (Wildman–Crippen MR) is 68.6 cm³/mol. The van der Waals surface area contributed by atoms with Gasteiger partial charge in [-0.25, -0.2) is 4.79 Å². The molecule has 0 aliphatic heterocycles.